The van der Waals surface area contributed by atoms with Gasteiger partial charge in [-0.25, -0.2) is 12.7 Å². The van der Waals surface area contributed by atoms with Gasteiger partial charge in [0.1, 0.15) is 0 Å². The molecule has 92 valence electrons. The van der Waals surface area contributed by atoms with Crippen LogP contribution in [-0.4, -0.2) is 38.1 Å². The Balaban J connectivity index is 4.48. The average molecular weight is 236 g/mol. The van der Waals surface area contributed by atoms with Crippen molar-refractivity contribution in [2.45, 2.75) is 33.6 Å². The topological polar surface area (TPSA) is 63.4 Å². The van der Waals surface area contributed by atoms with Crippen LogP contribution >= 0.6 is 0 Å². The summed E-state index contributed by atoms with van der Waals surface area (Å²) < 4.78 is 25.1. The summed E-state index contributed by atoms with van der Waals surface area (Å²) in [5.74, 6) is 0.513. The van der Waals surface area contributed by atoms with Crippen LogP contribution in [0.1, 0.15) is 33.6 Å². The lowest BCUT2D eigenvalue weighted by atomic mass is 10.0. The molecule has 0 bridgehead atoms. The number of hydrogen-bond acceptors (Lipinski definition) is 3. The molecule has 0 unspecified atom stereocenters. The van der Waals surface area contributed by atoms with E-state index in [4.69, 9.17) is 5.73 Å². The maximum Gasteiger partial charge on any atom is 0.215 e. The van der Waals surface area contributed by atoms with Crippen molar-refractivity contribution in [3.8, 4) is 0 Å². The molecule has 0 aromatic carbocycles. The summed E-state index contributed by atoms with van der Waals surface area (Å²) in [6.45, 7) is 7.43. The van der Waals surface area contributed by atoms with Gasteiger partial charge >= 0.3 is 0 Å². The Kier molecular flexibility index (Phi) is 7.13. The molecule has 0 aliphatic carbocycles. The quantitative estimate of drug-likeness (QED) is 0.684. The van der Waals surface area contributed by atoms with E-state index in [1.807, 2.05) is 6.92 Å². The highest BCUT2D eigenvalue weighted by atomic mass is 32.2. The summed E-state index contributed by atoms with van der Waals surface area (Å²) in [5, 5.41) is 0. The number of nitrogens with zero attached hydrogens (tertiary/aromatic N) is 1. The SMILES string of the molecule is CCC(CC)CN(CC)S(=O)(=O)CCN. The van der Waals surface area contributed by atoms with Crippen LogP contribution in [0.4, 0.5) is 0 Å². The molecule has 0 saturated heterocycles. The first-order valence-electron chi connectivity index (χ1n) is 5.69. The molecular formula is C10H24N2O2S. The van der Waals surface area contributed by atoms with Crippen molar-refractivity contribution in [1.82, 2.24) is 4.31 Å². The average Bonchev–Trinajstić information content (AvgIpc) is 2.19. The smallest absolute Gasteiger partial charge is 0.215 e. The van der Waals surface area contributed by atoms with Crippen molar-refractivity contribution in [2.75, 3.05) is 25.4 Å². The van der Waals surface area contributed by atoms with E-state index in [0.717, 1.165) is 12.8 Å². The van der Waals surface area contributed by atoms with Gasteiger partial charge in [0.2, 0.25) is 10.0 Å². The molecule has 0 atom stereocenters. The lowest BCUT2D eigenvalue weighted by Gasteiger charge is -2.24. The van der Waals surface area contributed by atoms with E-state index in [1.54, 1.807) is 4.31 Å². The van der Waals surface area contributed by atoms with Gasteiger partial charge in [0.05, 0.1) is 5.75 Å². The van der Waals surface area contributed by atoms with Gasteiger partial charge < -0.3 is 5.73 Å². The fourth-order valence-corrected chi connectivity index (χ4v) is 2.94. The maximum absolute atomic E-state index is 11.8. The van der Waals surface area contributed by atoms with Crippen molar-refractivity contribution in [3.05, 3.63) is 0 Å². The molecule has 2 N–H and O–H groups in total. The van der Waals surface area contributed by atoms with E-state index < -0.39 is 10.0 Å². The summed E-state index contributed by atoms with van der Waals surface area (Å²) in [5.41, 5.74) is 5.30. The zero-order valence-electron chi connectivity index (χ0n) is 10.1. The molecule has 0 spiro atoms. The summed E-state index contributed by atoms with van der Waals surface area (Å²) in [6, 6.07) is 0. The lowest BCUT2D eigenvalue weighted by molar-refractivity contribution is 0.339. The Labute approximate surface area is 93.9 Å². The van der Waals surface area contributed by atoms with Crippen molar-refractivity contribution >= 4 is 10.0 Å². The van der Waals surface area contributed by atoms with Gasteiger partial charge in [0, 0.05) is 19.6 Å². The summed E-state index contributed by atoms with van der Waals surface area (Å²) in [6.07, 6.45) is 2.04. The molecule has 0 amide bonds. The highest BCUT2D eigenvalue weighted by Gasteiger charge is 2.21. The number of sulfonamides is 1. The highest BCUT2D eigenvalue weighted by molar-refractivity contribution is 7.89. The van der Waals surface area contributed by atoms with E-state index in [0.29, 0.717) is 19.0 Å². The van der Waals surface area contributed by atoms with Gasteiger partial charge in [-0.15, -0.1) is 0 Å². The summed E-state index contributed by atoms with van der Waals surface area (Å²) in [4.78, 5) is 0. The van der Waals surface area contributed by atoms with Gasteiger partial charge in [-0.3, -0.25) is 0 Å². The van der Waals surface area contributed by atoms with Gasteiger partial charge in [-0.05, 0) is 5.92 Å². The fourth-order valence-electron chi connectivity index (χ4n) is 1.55. The molecule has 0 aliphatic rings. The number of nitrogens with two attached hydrogens (primary N) is 1. The molecule has 4 nitrogen and oxygen atoms in total. The molecule has 0 aromatic heterocycles. The zero-order chi connectivity index (χ0) is 11.9. The van der Waals surface area contributed by atoms with Crippen molar-refractivity contribution in [1.29, 1.82) is 0 Å². The highest BCUT2D eigenvalue weighted by Crippen LogP contribution is 2.12. The Morgan fingerprint density at radius 3 is 2.07 bits per heavy atom. The third kappa shape index (κ3) is 4.95. The molecule has 5 heteroatoms. The van der Waals surface area contributed by atoms with Crippen LogP contribution in [0.2, 0.25) is 0 Å². The van der Waals surface area contributed by atoms with Crippen LogP contribution in [0.15, 0.2) is 0 Å². The van der Waals surface area contributed by atoms with E-state index in [2.05, 4.69) is 13.8 Å². The Bertz CT molecular complexity index is 248. The minimum Gasteiger partial charge on any atom is -0.329 e. The van der Waals surface area contributed by atoms with E-state index in [9.17, 15) is 8.42 Å². The second-order valence-electron chi connectivity index (χ2n) is 3.74. The molecule has 0 aromatic rings. The van der Waals surface area contributed by atoms with Crippen LogP contribution in [0, 0.1) is 5.92 Å². The Morgan fingerprint density at radius 1 is 1.20 bits per heavy atom. The lowest BCUT2D eigenvalue weighted by Crippen LogP contribution is -2.38. The number of hydrogen-bond donors (Lipinski definition) is 1. The second-order valence-corrected chi connectivity index (χ2v) is 5.83. The minimum atomic E-state index is -3.13. The molecule has 0 saturated carbocycles. The van der Waals surface area contributed by atoms with E-state index in [-0.39, 0.29) is 12.3 Å². The standard InChI is InChI=1S/C10H24N2O2S/c1-4-10(5-2)9-12(6-3)15(13,14)8-7-11/h10H,4-9,11H2,1-3H3. The van der Waals surface area contributed by atoms with Gasteiger partial charge in [0.15, 0.2) is 0 Å². The molecule has 0 aliphatic heterocycles. The number of rotatable bonds is 8. The van der Waals surface area contributed by atoms with Crippen LogP contribution < -0.4 is 5.73 Å². The van der Waals surface area contributed by atoms with Gasteiger partial charge in [-0.1, -0.05) is 33.6 Å². The largest absolute Gasteiger partial charge is 0.329 e. The first kappa shape index (κ1) is 14.9. The molecule has 0 fully saturated rings. The third-order valence-electron chi connectivity index (χ3n) is 2.74. The minimum absolute atomic E-state index is 0.0565. The first-order valence-corrected chi connectivity index (χ1v) is 7.30. The van der Waals surface area contributed by atoms with E-state index in [1.165, 1.54) is 0 Å². The van der Waals surface area contributed by atoms with Crippen molar-refractivity contribution < 1.29 is 8.42 Å². The molecule has 0 radical (unpaired) electrons. The second kappa shape index (κ2) is 7.19. The first-order chi connectivity index (χ1) is 7.01. The summed E-state index contributed by atoms with van der Waals surface area (Å²) in [7, 11) is -3.13. The van der Waals surface area contributed by atoms with Crippen LogP contribution in [0.5, 0.6) is 0 Å². The maximum atomic E-state index is 11.8. The monoisotopic (exact) mass is 236 g/mol. The van der Waals surface area contributed by atoms with Gasteiger partial charge in [-0.2, -0.15) is 0 Å². The third-order valence-corrected chi connectivity index (χ3v) is 4.68. The van der Waals surface area contributed by atoms with E-state index >= 15 is 0 Å². The predicted octanol–water partition coefficient (Wildman–Crippen LogP) is 1.03. The molecule has 0 rings (SSSR count). The summed E-state index contributed by atoms with van der Waals surface area (Å²) >= 11 is 0. The van der Waals surface area contributed by atoms with Crippen molar-refractivity contribution in [2.24, 2.45) is 11.7 Å². The van der Waals surface area contributed by atoms with Crippen molar-refractivity contribution in [3.63, 3.8) is 0 Å². The van der Waals surface area contributed by atoms with Crippen LogP contribution in [0.25, 0.3) is 0 Å². The molecule has 15 heavy (non-hydrogen) atoms. The molecule has 0 heterocycles. The zero-order valence-corrected chi connectivity index (χ0v) is 10.9. The normalized spacial score (nSPS) is 12.7. The molecular weight excluding hydrogens is 212 g/mol. The van der Waals surface area contributed by atoms with Crippen LogP contribution in [0.3, 0.4) is 0 Å². The van der Waals surface area contributed by atoms with Gasteiger partial charge in [0.25, 0.3) is 0 Å². The fraction of sp³-hybridized carbons (Fsp3) is 1.00. The predicted molar refractivity (Wildman–Crippen MR) is 64.2 cm³/mol. The Hall–Kier alpha value is -0.130. The Morgan fingerprint density at radius 2 is 1.73 bits per heavy atom. The van der Waals surface area contributed by atoms with Crippen LogP contribution in [-0.2, 0) is 10.0 Å².